The van der Waals surface area contributed by atoms with Gasteiger partial charge in [0.1, 0.15) is 4.21 Å². The number of piperidine rings is 1. The van der Waals surface area contributed by atoms with Crippen LogP contribution >= 0.6 is 38.9 Å². The summed E-state index contributed by atoms with van der Waals surface area (Å²) < 4.78 is 27.7. The van der Waals surface area contributed by atoms with Crippen LogP contribution in [0.15, 0.2) is 14.1 Å². The van der Waals surface area contributed by atoms with Gasteiger partial charge in [-0.25, -0.2) is 8.42 Å². The molecule has 0 radical (unpaired) electrons. The monoisotopic (exact) mass is 399 g/mol. The highest BCUT2D eigenvalue weighted by Gasteiger charge is 2.34. The third kappa shape index (κ3) is 3.40. The van der Waals surface area contributed by atoms with Gasteiger partial charge < -0.3 is 0 Å². The highest BCUT2D eigenvalue weighted by molar-refractivity contribution is 9.11. The molecule has 0 bridgehead atoms. The molecule has 0 aliphatic carbocycles. The molecule has 114 valence electrons. The molecule has 0 atom stereocenters. The Bertz CT molecular complexity index is 565. The molecule has 1 fully saturated rings. The van der Waals surface area contributed by atoms with Crippen molar-refractivity contribution >= 4 is 48.9 Å². The molecule has 0 unspecified atom stereocenters. The van der Waals surface area contributed by atoms with Crippen LogP contribution < -0.4 is 0 Å². The van der Waals surface area contributed by atoms with Gasteiger partial charge >= 0.3 is 0 Å². The van der Waals surface area contributed by atoms with Crippen LogP contribution in [0.1, 0.15) is 33.6 Å². The van der Waals surface area contributed by atoms with Crippen LogP contribution in [-0.2, 0) is 10.0 Å². The molecule has 20 heavy (non-hydrogen) atoms. The maximum Gasteiger partial charge on any atom is 0.252 e. The van der Waals surface area contributed by atoms with E-state index in [0.717, 1.165) is 12.8 Å². The summed E-state index contributed by atoms with van der Waals surface area (Å²) in [5.74, 6) is 0.576. The number of sulfonamides is 1. The second-order valence-electron chi connectivity index (χ2n) is 6.23. The quantitative estimate of drug-likeness (QED) is 0.727. The molecule has 1 aromatic rings. The van der Waals surface area contributed by atoms with E-state index in [9.17, 15) is 8.42 Å². The first-order valence-corrected chi connectivity index (χ1v) is 10.00. The van der Waals surface area contributed by atoms with Gasteiger partial charge in [-0.15, -0.1) is 11.3 Å². The highest BCUT2D eigenvalue weighted by atomic mass is 79.9. The van der Waals surface area contributed by atoms with Crippen LogP contribution in [-0.4, -0.2) is 25.8 Å². The second kappa shape index (κ2) is 5.88. The minimum atomic E-state index is -3.40. The van der Waals surface area contributed by atoms with E-state index in [2.05, 4.69) is 36.7 Å². The normalized spacial score (nSPS) is 19.4. The maximum atomic E-state index is 12.6. The van der Waals surface area contributed by atoms with Crippen LogP contribution in [0, 0.1) is 11.3 Å². The van der Waals surface area contributed by atoms with Crippen molar-refractivity contribution in [2.45, 2.75) is 37.8 Å². The van der Waals surface area contributed by atoms with Gasteiger partial charge in [0.15, 0.2) is 0 Å². The zero-order valence-electron chi connectivity index (χ0n) is 11.8. The van der Waals surface area contributed by atoms with Gasteiger partial charge in [0.05, 0.1) is 8.81 Å². The lowest BCUT2D eigenvalue weighted by molar-refractivity contribution is 0.154. The summed E-state index contributed by atoms with van der Waals surface area (Å²) in [7, 11) is -3.40. The van der Waals surface area contributed by atoms with Gasteiger partial charge in [0, 0.05) is 13.1 Å². The second-order valence-corrected chi connectivity index (χ2v) is 11.2. The Hall–Kier alpha value is 0.380. The minimum Gasteiger partial charge on any atom is -0.206 e. The van der Waals surface area contributed by atoms with Crippen molar-refractivity contribution in [1.82, 2.24) is 4.31 Å². The van der Waals surface area contributed by atoms with Crippen molar-refractivity contribution in [2.75, 3.05) is 13.1 Å². The zero-order chi connectivity index (χ0) is 15.1. The Labute approximate surface area is 138 Å². The number of rotatable bonds is 2. The van der Waals surface area contributed by atoms with Gasteiger partial charge in [-0.3, -0.25) is 0 Å². The van der Waals surface area contributed by atoms with Crippen LogP contribution in [0.4, 0.5) is 0 Å². The lowest BCUT2D eigenvalue weighted by atomic mass is 9.76. The first-order valence-electron chi connectivity index (χ1n) is 6.57. The van der Waals surface area contributed by atoms with Crippen LogP contribution in [0.5, 0.6) is 0 Å². The third-order valence-electron chi connectivity index (χ3n) is 3.90. The predicted molar refractivity (Wildman–Crippen MR) is 88.0 cm³/mol. The van der Waals surface area contributed by atoms with E-state index < -0.39 is 10.0 Å². The zero-order valence-corrected chi connectivity index (χ0v) is 15.8. The van der Waals surface area contributed by atoms with Crippen molar-refractivity contribution < 1.29 is 8.42 Å². The molecule has 0 saturated carbocycles. The molecule has 1 aliphatic rings. The summed E-state index contributed by atoms with van der Waals surface area (Å²) in [5, 5.41) is 0.457. The minimum absolute atomic E-state index is 0.241. The van der Waals surface area contributed by atoms with E-state index >= 15 is 0 Å². The lowest BCUT2D eigenvalue weighted by Crippen LogP contribution is -2.41. The van der Waals surface area contributed by atoms with E-state index in [1.165, 1.54) is 17.4 Å². The smallest absolute Gasteiger partial charge is 0.206 e. The van der Waals surface area contributed by atoms with E-state index in [4.69, 9.17) is 11.6 Å². The number of thiophene rings is 1. The standard InChI is InChI=1S/C13H19BrClNO2S2/c1-13(2,3)9-4-6-16(7-5-9)20(17,18)11-8-10(15)12(14)19-11/h8-9H,4-7H2,1-3H3. The lowest BCUT2D eigenvalue weighted by Gasteiger charge is -2.37. The Morgan fingerprint density at radius 2 is 1.90 bits per heavy atom. The predicted octanol–water partition coefficient (Wildman–Crippen LogP) is 4.61. The molecule has 2 rings (SSSR count). The third-order valence-corrected chi connectivity index (χ3v) is 8.72. The van der Waals surface area contributed by atoms with Crippen molar-refractivity contribution in [3.05, 3.63) is 14.9 Å². The molecular weight excluding hydrogens is 382 g/mol. The van der Waals surface area contributed by atoms with Gasteiger partial charge in [-0.1, -0.05) is 32.4 Å². The van der Waals surface area contributed by atoms with Gasteiger partial charge in [0.25, 0.3) is 10.0 Å². The van der Waals surface area contributed by atoms with Crippen molar-refractivity contribution in [3.8, 4) is 0 Å². The molecule has 0 N–H and O–H groups in total. The van der Waals surface area contributed by atoms with Gasteiger partial charge in [-0.2, -0.15) is 4.31 Å². The van der Waals surface area contributed by atoms with E-state index in [-0.39, 0.29) is 5.41 Å². The summed E-state index contributed by atoms with van der Waals surface area (Å²) in [6.45, 7) is 7.85. The van der Waals surface area contributed by atoms with Gasteiger partial charge in [0.2, 0.25) is 0 Å². The Kier molecular flexibility index (Phi) is 4.92. The first kappa shape index (κ1) is 16.7. The molecule has 1 aliphatic heterocycles. The van der Waals surface area contributed by atoms with E-state index in [1.807, 2.05) is 0 Å². The number of nitrogens with zero attached hydrogens (tertiary/aromatic N) is 1. The number of hydrogen-bond donors (Lipinski definition) is 0. The fourth-order valence-electron chi connectivity index (χ4n) is 2.54. The summed E-state index contributed by atoms with van der Waals surface area (Å²) in [6, 6.07) is 1.53. The van der Waals surface area contributed by atoms with Gasteiger partial charge in [-0.05, 0) is 46.2 Å². The number of halogens is 2. The Balaban J connectivity index is 2.13. The molecule has 7 heteroatoms. The van der Waals surface area contributed by atoms with E-state index in [1.54, 1.807) is 4.31 Å². The SMILES string of the molecule is CC(C)(C)C1CCN(S(=O)(=O)c2cc(Cl)c(Br)s2)CC1. The largest absolute Gasteiger partial charge is 0.252 e. The summed E-state index contributed by atoms with van der Waals surface area (Å²) in [6.07, 6.45) is 1.84. The molecule has 1 aromatic heterocycles. The van der Waals surface area contributed by atoms with E-state index in [0.29, 0.717) is 32.0 Å². The topological polar surface area (TPSA) is 37.4 Å². The molecule has 0 amide bonds. The van der Waals surface area contributed by atoms with Crippen molar-refractivity contribution in [2.24, 2.45) is 11.3 Å². The van der Waals surface area contributed by atoms with Crippen molar-refractivity contribution in [3.63, 3.8) is 0 Å². The fourth-order valence-corrected chi connectivity index (χ4v) is 6.57. The molecule has 1 saturated heterocycles. The number of hydrogen-bond acceptors (Lipinski definition) is 3. The maximum absolute atomic E-state index is 12.6. The van der Waals surface area contributed by atoms with Crippen LogP contribution in [0.25, 0.3) is 0 Å². The molecule has 0 spiro atoms. The average molecular weight is 401 g/mol. The highest BCUT2D eigenvalue weighted by Crippen LogP contribution is 2.39. The van der Waals surface area contributed by atoms with Crippen LogP contribution in [0.3, 0.4) is 0 Å². The Morgan fingerprint density at radius 1 is 1.35 bits per heavy atom. The van der Waals surface area contributed by atoms with Crippen molar-refractivity contribution in [1.29, 1.82) is 0 Å². The summed E-state index contributed by atoms with van der Waals surface area (Å²) in [5.41, 5.74) is 0.241. The molecule has 0 aromatic carbocycles. The molecular formula is C13H19BrClNO2S2. The first-order chi connectivity index (χ1) is 9.12. The molecule has 3 nitrogen and oxygen atoms in total. The summed E-state index contributed by atoms with van der Waals surface area (Å²) >= 11 is 10.4. The Morgan fingerprint density at radius 3 is 2.30 bits per heavy atom. The van der Waals surface area contributed by atoms with Crippen LogP contribution in [0.2, 0.25) is 5.02 Å². The fraction of sp³-hybridized carbons (Fsp3) is 0.692. The average Bonchev–Trinajstić information content (AvgIpc) is 2.69. The summed E-state index contributed by atoms with van der Waals surface area (Å²) in [4.78, 5) is 0. The molecule has 2 heterocycles.